The molecule has 29 heavy (non-hydrogen) atoms. The highest BCUT2D eigenvalue weighted by molar-refractivity contribution is 7.13. The second-order valence-corrected chi connectivity index (χ2v) is 8.53. The van der Waals surface area contributed by atoms with E-state index in [9.17, 15) is 9.59 Å². The maximum absolute atomic E-state index is 13.0. The number of amides is 1. The van der Waals surface area contributed by atoms with Crippen molar-refractivity contribution in [3.05, 3.63) is 58.2 Å². The van der Waals surface area contributed by atoms with Crippen LogP contribution in [-0.4, -0.2) is 43.2 Å². The average Bonchev–Trinajstić information content (AvgIpc) is 3.40. The molecule has 8 heteroatoms. The lowest BCUT2D eigenvalue weighted by Crippen LogP contribution is -2.45. The van der Waals surface area contributed by atoms with Gasteiger partial charge >= 0.3 is 0 Å². The van der Waals surface area contributed by atoms with Gasteiger partial charge in [-0.25, -0.2) is 9.67 Å². The van der Waals surface area contributed by atoms with Crippen molar-refractivity contribution in [2.75, 3.05) is 13.1 Å². The maximum atomic E-state index is 13.0. The Kier molecular flexibility index (Phi) is 5.62. The molecule has 0 aromatic carbocycles. The molecule has 1 aliphatic rings. The van der Waals surface area contributed by atoms with Crippen LogP contribution < -0.4 is 5.56 Å². The number of aromatic nitrogens is 4. The molecule has 0 spiro atoms. The van der Waals surface area contributed by atoms with Crippen molar-refractivity contribution in [2.24, 2.45) is 5.92 Å². The van der Waals surface area contributed by atoms with E-state index in [0.717, 1.165) is 35.8 Å². The van der Waals surface area contributed by atoms with Gasteiger partial charge in [-0.15, -0.1) is 11.3 Å². The molecule has 0 saturated carbocycles. The summed E-state index contributed by atoms with van der Waals surface area (Å²) in [6.45, 7) is 5.74. The lowest BCUT2D eigenvalue weighted by Gasteiger charge is -2.34. The molecule has 0 bridgehead atoms. The van der Waals surface area contributed by atoms with Gasteiger partial charge in [0.2, 0.25) is 5.91 Å². The first-order valence-corrected chi connectivity index (χ1v) is 10.8. The third-order valence-electron chi connectivity index (χ3n) is 5.47. The molecular formula is C21H25N5O2S. The predicted molar refractivity (Wildman–Crippen MR) is 113 cm³/mol. The quantitative estimate of drug-likeness (QED) is 0.647. The Bertz CT molecular complexity index is 1040. The number of nitrogens with zero attached hydrogens (tertiary/aromatic N) is 5. The highest BCUT2D eigenvalue weighted by Gasteiger charge is 2.29. The van der Waals surface area contributed by atoms with E-state index in [1.165, 1.54) is 0 Å². The van der Waals surface area contributed by atoms with Crippen LogP contribution in [0.2, 0.25) is 0 Å². The van der Waals surface area contributed by atoms with Crippen molar-refractivity contribution in [2.45, 2.75) is 39.3 Å². The monoisotopic (exact) mass is 411 g/mol. The summed E-state index contributed by atoms with van der Waals surface area (Å²) in [6, 6.07) is 7.22. The molecule has 1 fully saturated rings. The SMILES string of the molecule is Cc1nccn1CC(C)C(=O)N1CCCC(n2nc(-c3cccs3)ccc2=O)C1. The van der Waals surface area contributed by atoms with Crippen molar-refractivity contribution >= 4 is 17.2 Å². The number of carbonyl (C=O) groups excluding carboxylic acids is 1. The number of piperidine rings is 1. The van der Waals surface area contributed by atoms with Gasteiger partial charge in [0.25, 0.3) is 5.56 Å². The zero-order chi connectivity index (χ0) is 20.4. The Morgan fingerprint density at radius 3 is 2.93 bits per heavy atom. The number of imidazole rings is 1. The highest BCUT2D eigenvalue weighted by atomic mass is 32.1. The first-order chi connectivity index (χ1) is 14.0. The maximum Gasteiger partial charge on any atom is 0.267 e. The minimum atomic E-state index is -0.149. The number of carbonyl (C=O) groups is 1. The highest BCUT2D eigenvalue weighted by Crippen LogP contribution is 2.25. The molecular weight excluding hydrogens is 386 g/mol. The van der Waals surface area contributed by atoms with Gasteiger partial charge in [-0.3, -0.25) is 9.59 Å². The molecule has 1 aliphatic heterocycles. The lowest BCUT2D eigenvalue weighted by molar-refractivity contribution is -0.137. The summed E-state index contributed by atoms with van der Waals surface area (Å²) in [5.74, 6) is 0.872. The molecule has 4 heterocycles. The number of hydrogen-bond donors (Lipinski definition) is 0. The number of hydrogen-bond acceptors (Lipinski definition) is 5. The van der Waals surface area contributed by atoms with Crippen LogP contribution in [0, 0.1) is 12.8 Å². The first-order valence-electron chi connectivity index (χ1n) is 9.93. The van der Waals surface area contributed by atoms with Crippen LogP contribution in [0.1, 0.15) is 31.6 Å². The molecule has 1 saturated heterocycles. The molecule has 0 N–H and O–H groups in total. The van der Waals surface area contributed by atoms with Crippen LogP contribution in [0.15, 0.2) is 46.8 Å². The fourth-order valence-corrected chi connectivity index (χ4v) is 4.57. The fraction of sp³-hybridized carbons (Fsp3) is 0.429. The van der Waals surface area contributed by atoms with Crippen molar-refractivity contribution in [3.8, 4) is 10.6 Å². The van der Waals surface area contributed by atoms with Crippen molar-refractivity contribution in [1.29, 1.82) is 0 Å². The van der Waals surface area contributed by atoms with E-state index < -0.39 is 0 Å². The summed E-state index contributed by atoms with van der Waals surface area (Å²) in [5, 5.41) is 6.61. The van der Waals surface area contributed by atoms with Gasteiger partial charge < -0.3 is 9.47 Å². The Labute approximate surface area is 173 Å². The Morgan fingerprint density at radius 1 is 1.34 bits per heavy atom. The van der Waals surface area contributed by atoms with E-state index >= 15 is 0 Å². The zero-order valence-corrected chi connectivity index (χ0v) is 17.5. The minimum absolute atomic E-state index is 0.0951. The molecule has 152 valence electrons. The molecule has 7 nitrogen and oxygen atoms in total. The van der Waals surface area contributed by atoms with Gasteiger partial charge in [-0.05, 0) is 37.3 Å². The van der Waals surface area contributed by atoms with E-state index in [2.05, 4.69) is 10.1 Å². The smallest absolute Gasteiger partial charge is 0.267 e. The van der Waals surface area contributed by atoms with Gasteiger partial charge in [-0.1, -0.05) is 13.0 Å². The molecule has 0 radical (unpaired) electrons. The number of aryl methyl sites for hydroxylation is 1. The summed E-state index contributed by atoms with van der Waals surface area (Å²) < 4.78 is 3.57. The zero-order valence-electron chi connectivity index (χ0n) is 16.7. The van der Waals surface area contributed by atoms with Crippen LogP contribution in [0.5, 0.6) is 0 Å². The second kappa shape index (κ2) is 8.32. The Hall–Kier alpha value is -2.74. The van der Waals surface area contributed by atoms with E-state index in [1.807, 2.05) is 47.0 Å². The van der Waals surface area contributed by atoms with Gasteiger partial charge in [0.15, 0.2) is 0 Å². The van der Waals surface area contributed by atoms with Gasteiger partial charge in [-0.2, -0.15) is 5.10 Å². The van der Waals surface area contributed by atoms with Crippen molar-refractivity contribution < 1.29 is 4.79 Å². The molecule has 2 unspecified atom stereocenters. The van der Waals surface area contributed by atoms with Gasteiger partial charge in [0.05, 0.1) is 16.8 Å². The molecule has 3 aromatic heterocycles. The molecule has 1 amide bonds. The third-order valence-corrected chi connectivity index (χ3v) is 6.36. The number of likely N-dealkylation sites (tertiary alicyclic amines) is 1. The van der Waals surface area contributed by atoms with E-state index in [1.54, 1.807) is 34.3 Å². The van der Waals surface area contributed by atoms with E-state index in [-0.39, 0.29) is 23.4 Å². The average molecular weight is 412 g/mol. The summed E-state index contributed by atoms with van der Waals surface area (Å²) in [7, 11) is 0. The molecule has 4 rings (SSSR count). The molecule has 2 atom stereocenters. The van der Waals surface area contributed by atoms with Crippen molar-refractivity contribution in [3.63, 3.8) is 0 Å². The van der Waals surface area contributed by atoms with Crippen LogP contribution in [0.4, 0.5) is 0 Å². The normalized spacial score (nSPS) is 18.0. The Balaban J connectivity index is 1.50. The van der Waals surface area contributed by atoms with Crippen LogP contribution >= 0.6 is 11.3 Å². The van der Waals surface area contributed by atoms with Gasteiger partial charge in [0.1, 0.15) is 11.5 Å². The van der Waals surface area contributed by atoms with Crippen molar-refractivity contribution in [1.82, 2.24) is 24.2 Å². The topological polar surface area (TPSA) is 73.0 Å². The van der Waals surface area contributed by atoms with E-state index in [0.29, 0.717) is 13.1 Å². The standard InChI is InChI=1S/C21H25N5O2S/c1-15(13-24-11-9-22-16(24)2)21(28)25-10-3-5-17(14-25)26-20(27)8-7-18(23-26)19-6-4-12-29-19/h4,6-9,11-12,15,17H,3,5,10,13-14H2,1-2H3. The van der Waals surface area contributed by atoms with Crippen LogP contribution in [-0.2, 0) is 11.3 Å². The summed E-state index contributed by atoms with van der Waals surface area (Å²) in [5.41, 5.74) is 0.679. The number of thiophene rings is 1. The summed E-state index contributed by atoms with van der Waals surface area (Å²) in [6.07, 6.45) is 5.37. The molecule has 3 aromatic rings. The number of rotatable bonds is 5. The van der Waals surface area contributed by atoms with Crippen LogP contribution in [0.25, 0.3) is 10.6 Å². The van der Waals surface area contributed by atoms with Crippen LogP contribution in [0.3, 0.4) is 0 Å². The second-order valence-electron chi connectivity index (χ2n) is 7.59. The Morgan fingerprint density at radius 2 is 2.21 bits per heavy atom. The summed E-state index contributed by atoms with van der Waals surface area (Å²) in [4.78, 5) is 32.7. The van der Waals surface area contributed by atoms with Gasteiger partial charge in [0, 0.05) is 38.1 Å². The predicted octanol–water partition coefficient (Wildman–Crippen LogP) is 2.98. The van der Waals surface area contributed by atoms with E-state index in [4.69, 9.17) is 0 Å². The largest absolute Gasteiger partial charge is 0.340 e. The lowest BCUT2D eigenvalue weighted by atomic mass is 10.0. The minimum Gasteiger partial charge on any atom is -0.340 e. The third kappa shape index (κ3) is 4.17. The molecule has 0 aliphatic carbocycles. The first kappa shape index (κ1) is 19.6. The summed E-state index contributed by atoms with van der Waals surface area (Å²) >= 11 is 1.60. The fourth-order valence-electron chi connectivity index (χ4n) is 3.88.